The lowest BCUT2D eigenvalue weighted by molar-refractivity contribution is 0.0434. The Bertz CT molecular complexity index is 3620. The molecule has 0 bridgehead atoms. The number of fused-ring (bicyclic) bond motifs is 3. The van der Waals surface area contributed by atoms with Crippen molar-refractivity contribution in [2.45, 2.75) is 52.0 Å². The Hall–Kier alpha value is -9.22. The third kappa shape index (κ3) is 7.77. The average molecular weight is 962 g/mol. The maximum absolute atomic E-state index is 14.4. The van der Waals surface area contributed by atoms with Gasteiger partial charge in [0.15, 0.2) is 0 Å². The average Bonchev–Trinajstić information content (AvgIpc) is 3.93. The van der Waals surface area contributed by atoms with Crippen molar-refractivity contribution in [2.75, 3.05) is 9.80 Å². The highest BCUT2D eigenvalue weighted by molar-refractivity contribution is 6.35. The zero-order valence-corrected chi connectivity index (χ0v) is 40.6. The first-order chi connectivity index (χ1) is 35.1. The van der Waals surface area contributed by atoms with Crippen LogP contribution in [0.25, 0.3) is 11.1 Å². The highest BCUT2D eigenvalue weighted by Gasteiger charge is 2.47. The number of anilines is 2. The van der Waals surface area contributed by atoms with Crippen LogP contribution in [0.15, 0.2) is 182 Å². The molecule has 0 aliphatic carbocycles. The fraction of sp³-hybridized carbons (Fsp3) is 0.129. The molecule has 11 rings (SSSR count). The fourth-order valence-corrected chi connectivity index (χ4v) is 10.0. The van der Waals surface area contributed by atoms with E-state index in [-0.39, 0.29) is 22.6 Å². The van der Waals surface area contributed by atoms with E-state index >= 15 is 0 Å². The molecule has 3 aliphatic heterocycles. The van der Waals surface area contributed by atoms with E-state index in [1.54, 1.807) is 84.9 Å². The second-order valence-corrected chi connectivity index (χ2v) is 19.3. The van der Waals surface area contributed by atoms with E-state index in [0.717, 1.165) is 32.7 Å². The first kappa shape index (κ1) is 46.2. The summed E-state index contributed by atoms with van der Waals surface area (Å²) in [6, 6.07) is 54.3. The first-order valence-corrected chi connectivity index (χ1v) is 24.0. The van der Waals surface area contributed by atoms with Gasteiger partial charge in [0.25, 0.3) is 35.4 Å². The molecule has 0 radical (unpaired) electrons. The van der Waals surface area contributed by atoms with Crippen LogP contribution < -0.4 is 19.3 Å². The zero-order chi connectivity index (χ0) is 50.9. The van der Waals surface area contributed by atoms with Gasteiger partial charge in [-0.05, 0) is 145 Å². The van der Waals surface area contributed by atoms with Crippen molar-refractivity contribution in [2.24, 2.45) is 0 Å². The van der Waals surface area contributed by atoms with E-state index in [1.165, 1.54) is 9.80 Å². The number of carbonyl (C=O) groups is 6. The van der Waals surface area contributed by atoms with Gasteiger partial charge >= 0.3 is 0 Å². The molecule has 73 heavy (non-hydrogen) atoms. The second kappa shape index (κ2) is 17.6. The van der Waals surface area contributed by atoms with Crippen molar-refractivity contribution in [1.29, 1.82) is 0 Å². The Labute approximate surface area is 421 Å². The third-order valence-corrected chi connectivity index (χ3v) is 14.5. The van der Waals surface area contributed by atoms with Gasteiger partial charge in [0.2, 0.25) is 0 Å². The summed E-state index contributed by atoms with van der Waals surface area (Å²) in [6.45, 7) is 9.87. The number of amides is 6. The van der Waals surface area contributed by atoms with Gasteiger partial charge in [-0.25, -0.2) is 9.80 Å². The van der Waals surface area contributed by atoms with Gasteiger partial charge in [0.1, 0.15) is 23.0 Å². The molecule has 0 spiro atoms. The van der Waals surface area contributed by atoms with Gasteiger partial charge in [0.05, 0.1) is 50.3 Å². The number of nitrogens with zero attached hydrogens (tertiary/aromatic N) is 3. The molecule has 358 valence electrons. The van der Waals surface area contributed by atoms with Crippen molar-refractivity contribution < 1.29 is 38.2 Å². The van der Waals surface area contributed by atoms with Gasteiger partial charge in [0, 0.05) is 5.41 Å². The fourth-order valence-electron chi connectivity index (χ4n) is 10.0. The molecule has 0 saturated carbocycles. The van der Waals surface area contributed by atoms with Gasteiger partial charge in [-0.1, -0.05) is 111 Å². The summed E-state index contributed by atoms with van der Waals surface area (Å²) < 4.78 is 12.4. The number of carbonyl (C=O) groups excluding carboxylic acids is 6. The summed E-state index contributed by atoms with van der Waals surface area (Å²) in [5, 5.41) is 0. The summed E-state index contributed by atoms with van der Waals surface area (Å²) in [6.07, 6.45) is 0.353. The quantitative estimate of drug-likeness (QED) is 0.111. The number of hydrogen-bond acceptors (Lipinski definition) is 8. The molecular weight excluding hydrogens is 915 g/mol. The molecule has 11 heteroatoms. The van der Waals surface area contributed by atoms with Gasteiger partial charge < -0.3 is 9.47 Å². The molecule has 0 N–H and O–H groups in total. The highest BCUT2D eigenvalue weighted by Crippen LogP contribution is 2.43. The van der Waals surface area contributed by atoms with Gasteiger partial charge in [-0.3, -0.25) is 33.7 Å². The lowest BCUT2D eigenvalue weighted by atomic mass is 9.78. The zero-order valence-electron chi connectivity index (χ0n) is 40.6. The predicted molar refractivity (Wildman–Crippen MR) is 278 cm³/mol. The minimum atomic E-state index is -1.14. The molecule has 11 nitrogen and oxygen atoms in total. The summed E-state index contributed by atoms with van der Waals surface area (Å²) in [4.78, 5) is 86.3. The van der Waals surface area contributed by atoms with Crippen LogP contribution in [0, 0.1) is 6.92 Å². The molecule has 1 unspecified atom stereocenters. The number of aryl methyl sites for hydroxylation is 1. The summed E-state index contributed by atoms with van der Waals surface area (Å²) in [5.74, 6) is -0.663. The van der Waals surface area contributed by atoms with Crippen LogP contribution in [-0.2, 0) is 11.0 Å². The van der Waals surface area contributed by atoms with Crippen LogP contribution in [0.1, 0.15) is 119 Å². The summed E-state index contributed by atoms with van der Waals surface area (Å²) >= 11 is 0. The number of ether oxygens (including phenoxy) is 2. The standard InChI is InChI=1S/C62H47N3O8/c1-6-62(5,42-13-10-14-44(34-42)64-56(67)49-30-17-39(33-52(49)57(64)68)38-11-8-7-9-12-38)65-59(70)51-32-29-48(36-54(51)60(65)71)73-46-26-20-41(21-27-46)61(3,4)40-18-24-45(25-19-40)72-47-28-31-50-53(35-47)58(69)63(55(50)66)43-22-15-37(2)16-23-43/h7-36H,6H2,1-5H3. The Morgan fingerprint density at radius 3 is 1.41 bits per heavy atom. The Morgan fingerprint density at radius 1 is 0.384 bits per heavy atom. The van der Waals surface area contributed by atoms with Crippen LogP contribution in [0.2, 0.25) is 0 Å². The van der Waals surface area contributed by atoms with Crippen LogP contribution in [-0.4, -0.2) is 40.3 Å². The third-order valence-electron chi connectivity index (χ3n) is 14.5. The van der Waals surface area contributed by atoms with Crippen molar-refractivity contribution >= 4 is 46.8 Å². The van der Waals surface area contributed by atoms with Crippen molar-refractivity contribution in [3.05, 3.63) is 238 Å². The molecule has 1 atom stereocenters. The lowest BCUT2D eigenvalue weighted by Gasteiger charge is -2.37. The Balaban J connectivity index is 0.760. The molecular formula is C62H47N3O8. The Kier molecular flexibility index (Phi) is 11.1. The maximum Gasteiger partial charge on any atom is 0.266 e. The Morgan fingerprint density at radius 2 is 0.849 bits per heavy atom. The van der Waals surface area contributed by atoms with E-state index in [9.17, 15) is 28.8 Å². The van der Waals surface area contributed by atoms with Gasteiger partial charge in [-0.15, -0.1) is 0 Å². The van der Waals surface area contributed by atoms with Crippen molar-refractivity contribution in [1.82, 2.24) is 4.90 Å². The van der Waals surface area contributed by atoms with Crippen LogP contribution in [0.5, 0.6) is 23.0 Å². The molecule has 8 aromatic carbocycles. The smallest absolute Gasteiger partial charge is 0.266 e. The molecule has 0 aromatic heterocycles. The minimum absolute atomic E-state index is 0.211. The second-order valence-electron chi connectivity index (χ2n) is 19.3. The first-order valence-electron chi connectivity index (χ1n) is 24.0. The predicted octanol–water partition coefficient (Wildman–Crippen LogP) is 13.1. The van der Waals surface area contributed by atoms with E-state index in [0.29, 0.717) is 63.0 Å². The number of hydrogen-bond donors (Lipinski definition) is 0. The van der Waals surface area contributed by atoms with E-state index in [1.807, 2.05) is 118 Å². The normalized spacial score (nSPS) is 14.9. The van der Waals surface area contributed by atoms with E-state index in [4.69, 9.17) is 9.47 Å². The summed E-state index contributed by atoms with van der Waals surface area (Å²) in [7, 11) is 0. The highest BCUT2D eigenvalue weighted by atomic mass is 16.5. The van der Waals surface area contributed by atoms with E-state index < -0.39 is 40.5 Å². The number of benzene rings is 8. The molecule has 0 saturated heterocycles. The van der Waals surface area contributed by atoms with Crippen LogP contribution in [0.4, 0.5) is 11.4 Å². The topological polar surface area (TPSA) is 131 Å². The van der Waals surface area contributed by atoms with Gasteiger partial charge in [-0.2, -0.15) is 0 Å². The molecule has 8 aromatic rings. The SMILES string of the molecule is CCC(C)(c1cccc(N2C(=O)c3ccc(-c4ccccc4)cc3C2=O)c1)N1C(=O)c2ccc(Oc3ccc(C(C)(C)c4ccc(Oc5ccc6c(c5)C(=O)N(c5ccc(C)cc5)C6=O)cc4)cc3)cc2C1=O. The molecule has 3 heterocycles. The lowest BCUT2D eigenvalue weighted by Crippen LogP contribution is -2.47. The van der Waals surface area contributed by atoms with E-state index in [2.05, 4.69) is 13.8 Å². The molecule has 3 aliphatic rings. The number of imide groups is 3. The minimum Gasteiger partial charge on any atom is -0.457 e. The molecule has 6 amide bonds. The van der Waals surface area contributed by atoms with Crippen molar-refractivity contribution in [3.63, 3.8) is 0 Å². The maximum atomic E-state index is 14.4. The largest absolute Gasteiger partial charge is 0.457 e. The van der Waals surface area contributed by atoms with Crippen molar-refractivity contribution in [3.8, 4) is 34.1 Å². The molecule has 0 fully saturated rings. The number of rotatable bonds is 12. The monoisotopic (exact) mass is 961 g/mol. The summed E-state index contributed by atoms with van der Waals surface area (Å²) in [5.41, 5.74) is 6.39. The van der Waals surface area contributed by atoms with Crippen LogP contribution >= 0.6 is 0 Å². The van der Waals surface area contributed by atoms with Crippen LogP contribution in [0.3, 0.4) is 0 Å².